The van der Waals surface area contributed by atoms with Crippen LogP contribution in [-0.2, 0) is 14.8 Å². The van der Waals surface area contributed by atoms with Gasteiger partial charge < -0.3 is 4.74 Å². The third-order valence-corrected chi connectivity index (χ3v) is 4.60. The van der Waals surface area contributed by atoms with Crippen molar-refractivity contribution in [2.24, 2.45) is 0 Å². The number of nitro benzene ring substituents is 1. The van der Waals surface area contributed by atoms with Gasteiger partial charge in [0.1, 0.15) is 0 Å². The van der Waals surface area contributed by atoms with Crippen molar-refractivity contribution in [1.29, 1.82) is 0 Å². The molecule has 18 heavy (non-hydrogen) atoms. The van der Waals surface area contributed by atoms with Crippen molar-refractivity contribution in [3.05, 3.63) is 34.4 Å². The van der Waals surface area contributed by atoms with Gasteiger partial charge in [0.05, 0.1) is 18.1 Å². The number of para-hydroxylation sites is 1. The molecule has 0 bridgehead atoms. The highest BCUT2D eigenvalue weighted by Gasteiger charge is 2.32. The Labute approximate surface area is 104 Å². The average molecular weight is 272 g/mol. The molecule has 0 saturated carbocycles. The van der Waals surface area contributed by atoms with E-state index in [1.165, 1.54) is 28.6 Å². The summed E-state index contributed by atoms with van der Waals surface area (Å²) >= 11 is 0. The van der Waals surface area contributed by atoms with Crippen LogP contribution in [0.25, 0.3) is 0 Å². The predicted molar refractivity (Wildman–Crippen MR) is 62.7 cm³/mol. The highest BCUT2D eigenvalue weighted by molar-refractivity contribution is 7.89. The molecule has 2 rings (SSSR count). The second-order valence-electron chi connectivity index (χ2n) is 3.74. The van der Waals surface area contributed by atoms with Crippen LogP contribution in [0.3, 0.4) is 0 Å². The minimum Gasteiger partial charge on any atom is -0.379 e. The second kappa shape index (κ2) is 5.01. The maximum Gasteiger partial charge on any atom is 0.289 e. The molecule has 0 amide bonds. The van der Waals surface area contributed by atoms with Gasteiger partial charge in [-0.1, -0.05) is 12.1 Å². The first-order chi connectivity index (χ1) is 8.53. The van der Waals surface area contributed by atoms with Gasteiger partial charge in [0.15, 0.2) is 4.90 Å². The van der Waals surface area contributed by atoms with E-state index in [4.69, 9.17) is 4.74 Å². The number of hydrogen-bond acceptors (Lipinski definition) is 5. The number of nitro groups is 1. The van der Waals surface area contributed by atoms with Crippen molar-refractivity contribution in [3.63, 3.8) is 0 Å². The third-order valence-electron chi connectivity index (χ3n) is 2.65. The van der Waals surface area contributed by atoms with E-state index in [1.807, 2.05) is 0 Å². The van der Waals surface area contributed by atoms with Crippen molar-refractivity contribution in [2.75, 3.05) is 26.3 Å². The van der Waals surface area contributed by atoms with Crippen molar-refractivity contribution >= 4 is 15.7 Å². The zero-order chi connectivity index (χ0) is 13.2. The Morgan fingerprint density at radius 1 is 1.22 bits per heavy atom. The topological polar surface area (TPSA) is 89.8 Å². The Kier molecular flexibility index (Phi) is 3.60. The Bertz CT molecular complexity index is 551. The smallest absolute Gasteiger partial charge is 0.289 e. The summed E-state index contributed by atoms with van der Waals surface area (Å²) < 4.78 is 30.8. The Balaban J connectivity index is 2.43. The van der Waals surface area contributed by atoms with E-state index in [2.05, 4.69) is 0 Å². The van der Waals surface area contributed by atoms with E-state index in [9.17, 15) is 18.5 Å². The molecule has 1 aromatic carbocycles. The summed E-state index contributed by atoms with van der Waals surface area (Å²) in [6.07, 6.45) is 0. The third kappa shape index (κ3) is 2.35. The van der Waals surface area contributed by atoms with E-state index in [-0.39, 0.29) is 18.0 Å². The van der Waals surface area contributed by atoms with Gasteiger partial charge in [0.25, 0.3) is 5.69 Å². The van der Waals surface area contributed by atoms with Crippen molar-refractivity contribution in [3.8, 4) is 0 Å². The zero-order valence-electron chi connectivity index (χ0n) is 9.48. The average Bonchev–Trinajstić information content (AvgIpc) is 2.39. The van der Waals surface area contributed by atoms with Crippen LogP contribution >= 0.6 is 0 Å². The van der Waals surface area contributed by atoms with Gasteiger partial charge >= 0.3 is 0 Å². The first-order valence-electron chi connectivity index (χ1n) is 5.35. The highest BCUT2D eigenvalue weighted by Crippen LogP contribution is 2.26. The van der Waals surface area contributed by atoms with Crippen LogP contribution in [0.5, 0.6) is 0 Å². The predicted octanol–water partition coefficient (Wildman–Crippen LogP) is 0.616. The maximum absolute atomic E-state index is 12.3. The van der Waals surface area contributed by atoms with E-state index in [0.29, 0.717) is 13.2 Å². The number of morpholine rings is 1. The molecular formula is C10H12N2O5S. The number of rotatable bonds is 3. The standard InChI is InChI=1S/C10H12N2O5S/c13-12(14)9-3-1-2-4-10(9)18(15,16)11-5-7-17-8-6-11/h1-4H,5-8H2. The summed E-state index contributed by atoms with van der Waals surface area (Å²) in [6, 6.07) is 5.35. The van der Waals surface area contributed by atoms with Gasteiger partial charge in [-0.05, 0) is 6.07 Å². The fourth-order valence-electron chi connectivity index (χ4n) is 1.75. The number of benzene rings is 1. The normalized spacial score (nSPS) is 17.6. The zero-order valence-corrected chi connectivity index (χ0v) is 10.3. The van der Waals surface area contributed by atoms with E-state index in [1.54, 1.807) is 0 Å². The molecule has 1 saturated heterocycles. The molecule has 7 nitrogen and oxygen atoms in total. The molecule has 0 unspecified atom stereocenters. The van der Waals surface area contributed by atoms with Crippen LogP contribution in [0.2, 0.25) is 0 Å². The summed E-state index contributed by atoms with van der Waals surface area (Å²) in [4.78, 5) is 9.90. The van der Waals surface area contributed by atoms with Crippen LogP contribution in [0.1, 0.15) is 0 Å². The number of ether oxygens (including phenoxy) is 1. The summed E-state index contributed by atoms with van der Waals surface area (Å²) in [5, 5.41) is 10.8. The molecule has 0 atom stereocenters. The quantitative estimate of drug-likeness (QED) is 0.594. The van der Waals surface area contributed by atoms with Gasteiger partial charge in [-0.3, -0.25) is 10.1 Å². The molecule has 0 spiro atoms. The monoisotopic (exact) mass is 272 g/mol. The van der Waals surface area contributed by atoms with Crippen molar-refractivity contribution in [2.45, 2.75) is 4.90 Å². The Morgan fingerprint density at radius 2 is 1.83 bits per heavy atom. The van der Waals surface area contributed by atoms with Gasteiger partial charge in [0, 0.05) is 19.2 Å². The van der Waals surface area contributed by atoms with Gasteiger partial charge in [-0.15, -0.1) is 0 Å². The van der Waals surface area contributed by atoms with Crippen LogP contribution in [0.4, 0.5) is 5.69 Å². The molecule has 0 N–H and O–H groups in total. The van der Waals surface area contributed by atoms with Crippen molar-refractivity contribution in [1.82, 2.24) is 4.31 Å². The number of sulfonamides is 1. The lowest BCUT2D eigenvalue weighted by atomic mass is 10.3. The van der Waals surface area contributed by atoms with Crippen LogP contribution in [0, 0.1) is 10.1 Å². The molecule has 1 fully saturated rings. The first-order valence-corrected chi connectivity index (χ1v) is 6.79. The van der Waals surface area contributed by atoms with Gasteiger partial charge in [-0.25, -0.2) is 8.42 Å². The largest absolute Gasteiger partial charge is 0.379 e. The lowest BCUT2D eigenvalue weighted by Gasteiger charge is -2.25. The molecule has 1 aliphatic rings. The molecule has 1 heterocycles. The first kappa shape index (κ1) is 12.9. The van der Waals surface area contributed by atoms with Gasteiger partial charge in [-0.2, -0.15) is 4.31 Å². The second-order valence-corrected chi connectivity index (χ2v) is 5.65. The molecule has 1 aliphatic heterocycles. The lowest BCUT2D eigenvalue weighted by Crippen LogP contribution is -2.40. The minimum atomic E-state index is -3.83. The number of nitrogens with zero attached hydrogens (tertiary/aromatic N) is 2. The maximum atomic E-state index is 12.3. The minimum absolute atomic E-state index is 0.217. The Hall–Kier alpha value is -1.51. The van der Waals surface area contributed by atoms with Crippen LogP contribution < -0.4 is 0 Å². The van der Waals surface area contributed by atoms with Crippen LogP contribution in [0.15, 0.2) is 29.2 Å². The summed E-state index contributed by atoms with van der Waals surface area (Å²) in [5.41, 5.74) is -0.399. The molecule has 0 aromatic heterocycles. The van der Waals surface area contributed by atoms with E-state index < -0.39 is 20.6 Å². The van der Waals surface area contributed by atoms with Crippen molar-refractivity contribution < 1.29 is 18.1 Å². The summed E-state index contributed by atoms with van der Waals surface area (Å²) in [6.45, 7) is 1.04. The SMILES string of the molecule is O=[N+]([O-])c1ccccc1S(=O)(=O)N1CCOCC1. The molecule has 1 aromatic rings. The molecule has 8 heteroatoms. The number of hydrogen-bond donors (Lipinski definition) is 0. The summed E-state index contributed by atoms with van der Waals surface area (Å²) in [7, 11) is -3.83. The van der Waals surface area contributed by atoms with Gasteiger partial charge in [0.2, 0.25) is 10.0 Å². The lowest BCUT2D eigenvalue weighted by molar-refractivity contribution is -0.387. The van der Waals surface area contributed by atoms with E-state index >= 15 is 0 Å². The van der Waals surface area contributed by atoms with Crippen LogP contribution in [-0.4, -0.2) is 43.9 Å². The van der Waals surface area contributed by atoms with E-state index in [0.717, 1.165) is 0 Å². The molecule has 0 radical (unpaired) electrons. The fraction of sp³-hybridized carbons (Fsp3) is 0.400. The Morgan fingerprint density at radius 3 is 2.44 bits per heavy atom. The molecule has 98 valence electrons. The molecule has 0 aliphatic carbocycles. The highest BCUT2D eigenvalue weighted by atomic mass is 32.2. The summed E-state index contributed by atoms with van der Waals surface area (Å²) in [5.74, 6) is 0. The molecular weight excluding hydrogens is 260 g/mol. The fourth-order valence-corrected chi connectivity index (χ4v) is 3.32.